The molecule has 0 aromatic heterocycles. The van der Waals surface area contributed by atoms with Gasteiger partial charge in [0.2, 0.25) is 0 Å². The van der Waals surface area contributed by atoms with E-state index in [4.69, 9.17) is 9.47 Å². The van der Waals surface area contributed by atoms with Crippen molar-refractivity contribution in [1.82, 2.24) is 0 Å². The Labute approximate surface area is 133 Å². The van der Waals surface area contributed by atoms with Crippen molar-refractivity contribution in [2.24, 2.45) is 0 Å². The molecule has 0 aliphatic rings. The molecule has 0 aliphatic carbocycles. The molecule has 2 rings (SSSR count). The zero-order valence-electron chi connectivity index (χ0n) is 13.9. The smallest absolute Gasteiger partial charge is 0.161 e. The number of methoxy groups -OCH3 is 1. The van der Waals surface area contributed by atoms with Gasteiger partial charge in [-0.2, -0.15) is 0 Å². The van der Waals surface area contributed by atoms with E-state index in [0.717, 1.165) is 24.5 Å². The van der Waals surface area contributed by atoms with Gasteiger partial charge in [0.05, 0.1) is 13.7 Å². The molecule has 0 heterocycles. The second-order valence-electron chi connectivity index (χ2n) is 5.43. The molecule has 1 N–H and O–H groups in total. The van der Waals surface area contributed by atoms with Crippen LogP contribution >= 0.6 is 0 Å². The van der Waals surface area contributed by atoms with Crippen LogP contribution in [0.5, 0.6) is 11.5 Å². The molecule has 0 amide bonds. The lowest BCUT2D eigenvalue weighted by Gasteiger charge is -2.14. The number of hydrogen-bond donors (Lipinski definition) is 1. The van der Waals surface area contributed by atoms with Gasteiger partial charge in [-0.1, -0.05) is 25.1 Å². The highest BCUT2D eigenvalue weighted by molar-refractivity contribution is 5.54. The monoisotopic (exact) mass is 299 g/mol. The highest BCUT2D eigenvalue weighted by Crippen LogP contribution is 2.28. The molecule has 2 aromatic rings. The third-order valence-corrected chi connectivity index (χ3v) is 3.78. The summed E-state index contributed by atoms with van der Waals surface area (Å²) in [5, 5.41) is 3.49. The number of nitrogens with one attached hydrogen (secondary N) is 1. The number of benzene rings is 2. The van der Waals surface area contributed by atoms with Gasteiger partial charge in [0.15, 0.2) is 11.5 Å². The topological polar surface area (TPSA) is 30.5 Å². The van der Waals surface area contributed by atoms with E-state index < -0.39 is 0 Å². The summed E-state index contributed by atoms with van der Waals surface area (Å²) in [4.78, 5) is 0. The Bertz CT molecular complexity index is 623. The number of aryl methyl sites for hydroxylation is 1. The molecule has 0 spiro atoms. The molecular formula is C19H25NO2. The Morgan fingerprint density at radius 2 is 1.86 bits per heavy atom. The molecule has 0 saturated heterocycles. The first kappa shape index (κ1) is 16.2. The fraction of sp³-hybridized carbons (Fsp3) is 0.368. The lowest BCUT2D eigenvalue weighted by atomic mass is 10.1. The van der Waals surface area contributed by atoms with E-state index in [2.05, 4.69) is 50.4 Å². The molecule has 2 aromatic carbocycles. The molecule has 0 radical (unpaired) electrons. The Kier molecular flexibility index (Phi) is 5.70. The van der Waals surface area contributed by atoms with Gasteiger partial charge in [0, 0.05) is 12.2 Å². The van der Waals surface area contributed by atoms with Crippen molar-refractivity contribution in [3.63, 3.8) is 0 Å². The zero-order valence-corrected chi connectivity index (χ0v) is 13.9. The van der Waals surface area contributed by atoms with Crippen molar-refractivity contribution < 1.29 is 9.47 Å². The lowest BCUT2D eigenvalue weighted by molar-refractivity contribution is 0.294. The standard InChI is InChI=1S/C19H25NO2/c1-5-11-22-18-10-9-16(12-19(18)21-4)13-20-17-8-6-7-14(2)15(17)3/h6-10,12,20H,5,11,13H2,1-4H3. The third-order valence-electron chi connectivity index (χ3n) is 3.78. The first-order chi connectivity index (χ1) is 10.7. The van der Waals surface area contributed by atoms with Crippen LogP contribution in [0.1, 0.15) is 30.0 Å². The minimum atomic E-state index is 0.705. The molecule has 0 unspecified atom stereocenters. The van der Waals surface area contributed by atoms with Gasteiger partial charge in [-0.15, -0.1) is 0 Å². The van der Waals surface area contributed by atoms with Gasteiger partial charge < -0.3 is 14.8 Å². The van der Waals surface area contributed by atoms with E-state index in [9.17, 15) is 0 Å². The Morgan fingerprint density at radius 1 is 1.05 bits per heavy atom. The van der Waals surface area contributed by atoms with Crippen molar-refractivity contribution >= 4 is 5.69 Å². The van der Waals surface area contributed by atoms with Crippen molar-refractivity contribution in [2.45, 2.75) is 33.7 Å². The van der Waals surface area contributed by atoms with Gasteiger partial charge in [-0.3, -0.25) is 0 Å². The summed E-state index contributed by atoms with van der Waals surface area (Å²) in [5.41, 5.74) is 4.93. The Balaban J connectivity index is 2.08. The van der Waals surface area contributed by atoms with Crippen molar-refractivity contribution in [1.29, 1.82) is 0 Å². The highest BCUT2D eigenvalue weighted by atomic mass is 16.5. The summed E-state index contributed by atoms with van der Waals surface area (Å²) < 4.78 is 11.1. The number of hydrogen-bond acceptors (Lipinski definition) is 3. The molecule has 0 atom stereocenters. The minimum absolute atomic E-state index is 0.705. The number of rotatable bonds is 7. The first-order valence-electron chi connectivity index (χ1n) is 7.75. The van der Waals surface area contributed by atoms with E-state index in [1.165, 1.54) is 22.4 Å². The van der Waals surface area contributed by atoms with Crippen molar-refractivity contribution in [3.05, 3.63) is 53.1 Å². The maximum atomic E-state index is 5.68. The van der Waals surface area contributed by atoms with E-state index in [1.807, 2.05) is 12.1 Å². The lowest BCUT2D eigenvalue weighted by Crippen LogP contribution is -2.03. The first-order valence-corrected chi connectivity index (χ1v) is 7.75. The summed E-state index contributed by atoms with van der Waals surface area (Å²) in [6.45, 7) is 7.82. The predicted molar refractivity (Wildman–Crippen MR) is 92.0 cm³/mol. The van der Waals surface area contributed by atoms with E-state index in [-0.39, 0.29) is 0 Å². The fourth-order valence-corrected chi connectivity index (χ4v) is 2.29. The van der Waals surface area contributed by atoms with Crippen LogP contribution in [0, 0.1) is 13.8 Å². The molecule has 118 valence electrons. The maximum absolute atomic E-state index is 5.68. The van der Waals surface area contributed by atoms with Crippen LogP contribution in [0.4, 0.5) is 5.69 Å². The van der Waals surface area contributed by atoms with Crippen LogP contribution in [0.25, 0.3) is 0 Å². The largest absolute Gasteiger partial charge is 0.493 e. The SMILES string of the molecule is CCCOc1ccc(CNc2cccc(C)c2C)cc1OC. The van der Waals surface area contributed by atoms with Gasteiger partial charge in [-0.05, 0) is 55.2 Å². The van der Waals surface area contributed by atoms with Crippen molar-refractivity contribution in [3.8, 4) is 11.5 Å². The predicted octanol–water partition coefficient (Wildman–Crippen LogP) is 4.71. The Morgan fingerprint density at radius 3 is 2.59 bits per heavy atom. The number of ether oxygens (including phenoxy) is 2. The van der Waals surface area contributed by atoms with Crippen molar-refractivity contribution in [2.75, 3.05) is 19.0 Å². The van der Waals surface area contributed by atoms with Gasteiger partial charge in [-0.25, -0.2) is 0 Å². The van der Waals surface area contributed by atoms with Gasteiger partial charge >= 0.3 is 0 Å². The van der Waals surface area contributed by atoms with Crippen LogP contribution in [0.3, 0.4) is 0 Å². The van der Waals surface area contributed by atoms with E-state index in [0.29, 0.717) is 6.61 Å². The minimum Gasteiger partial charge on any atom is -0.493 e. The molecule has 0 saturated carbocycles. The van der Waals surface area contributed by atoms with E-state index >= 15 is 0 Å². The Hall–Kier alpha value is -2.16. The third kappa shape index (κ3) is 3.94. The normalized spacial score (nSPS) is 10.4. The molecule has 22 heavy (non-hydrogen) atoms. The maximum Gasteiger partial charge on any atom is 0.161 e. The fourth-order valence-electron chi connectivity index (χ4n) is 2.29. The number of anilines is 1. The average Bonchev–Trinajstić information content (AvgIpc) is 2.54. The summed E-state index contributed by atoms with van der Waals surface area (Å²) in [5.74, 6) is 1.59. The summed E-state index contributed by atoms with van der Waals surface area (Å²) in [7, 11) is 1.68. The van der Waals surface area contributed by atoms with Crippen LogP contribution < -0.4 is 14.8 Å². The summed E-state index contributed by atoms with van der Waals surface area (Å²) in [6, 6.07) is 12.4. The van der Waals surface area contributed by atoms with Crippen LogP contribution in [0.15, 0.2) is 36.4 Å². The molecular weight excluding hydrogens is 274 g/mol. The molecule has 3 nitrogen and oxygen atoms in total. The highest BCUT2D eigenvalue weighted by Gasteiger charge is 2.06. The summed E-state index contributed by atoms with van der Waals surface area (Å²) in [6.07, 6.45) is 0.985. The van der Waals surface area contributed by atoms with E-state index in [1.54, 1.807) is 7.11 Å². The molecule has 0 bridgehead atoms. The van der Waals surface area contributed by atoms with Gasteiger partial charge in [0.1, 0.15) is 0 Å². The second kappa shape index (κ2) is 7.74. The van der Waals surface area contributed by atoms with Crippen LogP contribution in [-0.4, -0.2) is 13.7 Å². The van der Waals surface area contributed by atoms with Crippen LogP contribution in [0.2, 0.25) is 0 Å². The molecule has 3 heteroatoms. The molecule has 0 aliphatic heterocycles. The quantitative estimate of drug-likeness (QED) is 0.803. The van der Waals surface area contributed by atoms with Gasteiger partial charge in [0.25, 0.3) is 0 Å². The summed E-state index contributed by atoms with van der Waals surface area (Å²) >= 11 is 0. The van der Waals surface area contributed by atoms with Crippen LogP contribution in [-0.2, 0) is 6.54 Å². The zero-order chi connectivity index (χ0) is 15.9. The molecule has 0 fully saturated rings. The average molecular weight is 299 g/mol. The second-order valence-corrected chi connectivity index (χ2v) is 5.43.